The van der Waals surface area contributed by atoms with Crippen molar-refractivity contribution in [2.45, 2.75) is 153 Å². The van der Waals surface area contributed by atoms with Gasteiger partial charge in [0.15, 0.2) is 5.96 Å². The first-order valence-electron chi connectivity index (χ1n) is 22.0. The highest BCUT2D eigenvalue weighted by Crippen LogP contribution is 2.27. The fourth-order valence-corrected chi connectivity index (χ4v) is 7.44. The third-order valence-corrected chi connectivity index (χ3v) is 10.7. The van der Waals surface area contributed by atoms with Crippen LogP contribution in [0.1, 0.15) is 116 Å². The molecular weight excluding hydrogens is 815 g/mol. The average molecular weight is 886 g/mol. The topological polar surface area (TPSA) is 345 Å². The van der Waals surface area contributed by atoms with Crippen LogP contribution in [-0.4, -0.2) is 108 Å². The molecule has 20 nitrogen and oxygen atoms in total. The lowest BCUT2D eigenvalue weighted by Gasteiger charge is -2.30. The van der Waals surface area contributed by atoms with E-state index >= 15 is 0 Å². The molecule has 1 saturated carbocycles. The summed E-state index contributed by atoms with van der Waals surface area (Å²) in [5, 5.41) is 26.0. The molecule has 63 heavy (non-hydrogen) atoms. The molecule has 0 aliphatic heterocycles. The molecule has 2 unspecified atom stereocenters. The minimum Gasteiger partial charge on any atom is -0.480 e. The zero-order chi connectivity index (χ0) is 46.9. The number of carboxylic acid groups (broad SMARTS) is 1. The lowest BCUT2D eigenvalue weighted by atomic mass is 9.84. The Hall–Kier alpha value is -5.79. The predicted octanol–water partition coefficient (Wildman–Crippen LogP) is -0.293. The molecule has 352 valence electrons. The van der Waals surface area contributed by atoms with E-state index < -0.39 is 83.6 Å². The van der Waals surface area contributed by atoms with E-state index in [1.807, 2.05) is 13.8 Å². The van der Waals surface area contributed by atoms with Crippen LogP contribution in [0.15, 0.2) is 35.3 Å². The standard InChI is InChI=1S/C43H71N11O9/c1-26(2)23-33(40(60)54-35(42(62)63)25-29-15-8-5-9-16-29)52-38(58)31(17-10-11-21-44)50-41(61)34(24-28-13-6-4-7-14-28)53-39(59)32(19-20-36(45)56)51-37(57)30(49-27(3)55)18-12-22-48-43(46)47/h5,8-9,15-16,26,28,30-35H,4,6-7,10-14,17-25,44H2,1-3H3,(H2,45,56)(H,49,55)(H,50,61)(H,51,57)(H,52,58)(H,53,59)(H,54,60)(H,62,63)(H4,46,47,48)/t30-,31?,32?,33-,34-,35-/m0/s1. The number of primary amides is 1. The molecule has 2 rings (SSSR count). The summed E-state index contributed by atoms with van der Waals surface area (Å²) in [5.74, 6) is -6.26. The first-order chi connectivity index (χ1) is 29.9. The van der Waals surface area contributed by atoms with E-state index in [0.717, 1.165) is 32.1 Å². The van der Waals surface area contributed by atoms with Gasteiger partial charge in [0.05, 0.1) is 0 Å². The Bertz CT molecular complexity index is 1680. The van der Waals surface area contributed by atoms with E-state index in [4.69, 9.17) is 22.9 Å². The van der Waals surface area contributed by atoms with E-state index in [-0.39, 0.29) is 69.3 Å². The van der Waals surface area contributed by atoms with Crippen molar-refractivity contribution in [1.82, 2.24) is 31.9 Å². The van der Waals surface area contributed by atoms with Crippen LogP contribution >= 0.6 is 0 Å². The molecule has 0 heterocycles. The molecule has 0 radical (unpaired) electrons. The van der Waals surface area contributed by atoms with Gasteiger partial charge in [0.1, 0.15) is 36.3 Å². The highest BCUT2D eigenvalue weighted by Gasteiger charge is 2.35. The summed E-state index contributed by atoms with van der Waals surface area (Å²) in [6.07, 6.45) is 5.84. The second kappa shape index (κ2) is 28.7. The number of unbranched alkanes of at least 4 members (excludes halogenated alkanes) is 1. The molecule has 1 aromatic carbocycles. The van der Waals surface area contributed by atoms with Crippen molar-refractivity contribution in [2.24, 2.45) is 39.8 Å². The molecular formula is C43H71N11O9. The third-order valence-electron chi connectivity index (χ3n) is 10.7. The van der Waals surface area contributed by atoms with Crippen molar-refractivity contribution in [3.8, 4) is 0 Å². The SMILES string of the molecule is CC(=O)N[C@@H](CCCN=C(N)N)C(=O)NC(CCC(N)=O)C(=O)N[C@@H](CC1CCCCC1)C(=O)NC(CCCCN)C(=O)N[C@@H](CC(C)C)C(=O)N[C@@H](Cc1ccccc1)C(=O)O. The maximum Gasteiger partial charge on any atom is 0.326 e. The summed E-state index contributed by atoms with van der Waals surface area (Å²) in [6.45, 7) is 5.41. The second-order valence-electron chi connectivity index (χ2n) is 16.7. The highest BCUT2D eigenvalue weighted by molar-refractivity contribution is 5.97. The number of carbonyl (C=O) groups is 8. The molecule has 6 atom stereocenters. The van der Waals surface area contributed by atoms with Gasteiger partial charge in [-0.1, -0.05) is 76.3 Å². The number of nitrogens with zero attached hydrogens (tertiary/aromatic N) is 1. The van der Waals surface area contributed by atoms with Crippen LogP contribution in [0.2, 0.25) is 0 Å². The van der Waals surface area contributed by atoms with Crippen LogP contribution < -0.4 is 54.8 Å². The Balaban J connectivity index is 2.39. The molecule has 1 aliphatic rings. The molecule has 1 aromatic rings. The largest absolute Gasteiger partial charge is 0.480 e. The molecule has 0 bridgehead atoms. The third kappa shape index (κ3) is 21.7. The second-order valence-corrected chi connectivity index (χ2v) is 16.7. The summed E-state index contributed by atoms with van der Waals surface area (Å²) in [5.41, 5.74) is 22.7. The highest BCUT2D eigenvalue weighted by atomic mass is 16.4. The summed E-state index contributed by atoms with van der Waals surface area (Å²) >= 11 is 0. The normalized spacial score (nSPS) is 15.6. The van der Waals surface area contributed by atoms with E-state index in [9.17, 15) is 43.5 Å². The number of aliphatic carboxylic acids is 1. The van der Waals surface area contributed by atoms with E-state index in [2.05, 4.69) is 36.9 Å². The molecule has 0 saturated heterocycles. The monoisotopic (exact) mass is 886 g/mol. The number of nitrogens with one attached hydrogen (secondary N) is 6. The van der Waals surface area contributed by atoms with E-state index in [1.54, 1.807) is 30.3 Å². The first kappa shape index (κ1) is 53.3. The maximum atomic E-state index is 14.3. The van der Waals surface area contributed by atoms with Gasteiger partial charge in [-0.2, -0.15) is 0 Å². The number of nitrogens with two attached hydrogens (primary N) is 4. The van der Waals surface area contributed by atoms with E-state index in [1.165, 1.54) is 6.92 Å². The number of amides is 7. The van der Waals surface area contributed by atoms with Crippen molar-refractivity contribution < 1.29 is 43.5 Å². The Morgan fingerprint density at radius 3 is 1.71 bits per heavy atom. The van der Waals surface area contributed by atoms with Crippen LogP contribution in [0, 0.1) is 11.8 Å². The smallest absolute Gasteiger partial charge is 0.326 e. The van der Waals surface area contributed by atoms with E-state index in [0.29, 0.717) is 31.4 Å². The van der Waals surface area contributed by atoms with Crippen molar-refractivity contribution in [2.75, 3.05) is 13.1 Å². The van der Waals surface area contributed by atoms with Gasteiger partial charge in [0.2, 0.25) is 41.4 Å². The minimum atomic E-state index is -1.35. The Morgan fingerprint density at radius 1 is 0.667 bits per heavy atom. The van der Waals surface area contributed by atoms with Crippen LogP contribution in [0.4, 0.5) is 0 Å². The van der Waals surface area contributed by atoms with Gasteiger partial charge in [-0.3, -0.25) is 38.6 Å². The van der Waals surface area contributed by atoms with Crippen molar-refractivity contribution in [3.05, 3.63) is 35.9 Å². The molecule has 0 spiro atoms. The summed E-state index contributed by atoms with van der Waals surface area (Å²) < 4.78 is 0. The zero-order valence-corrected chi connectivity index (χ0v) is 37.0. The minimum absolute atomic E-state index is 0.0137. The van der Waals surface area contributed by atoms with Crippen LogP contribution in [0.5, 0.6) is 0 Å². The number of hydrogen-bond acceptors (Lipinski definition) is 10. The number of guanidine groups is 1. The number of aliphatic imine (C=N–C) groups is 1. The lowest BCUT2D eigenvalue weighted by Crippen LogP contribution is -2.60. The molecule has 0 aromatic heterocycles. The van der Waals surface area contributed by atoms with Gasteiger partial charge in [-0.25, -0.2) is 4.79 Å². The van der Waals surface area contributed by atoms with Crippen molar-refractivity contribution in [1.29, 1.82) is 0 Å². The predicted molar refractivity (Wildman–Crippen MR) is 237 cm³/mol. The van der Waals surface area contributed by atoms with Crippen molar-refractivity contribution >= 4 is 53.3 Å². The van der Waals surface area contributed by atoms with Gasteiger partial charge in [-0.05, 0) is 75.3 Å². The van der Waals surface area contributed by atoms with Crippen molar-refractivity contribution in [3.63, 3.8) is 0 Å². The Labute approximate surface area is 370 Å². The zero-order valence-electron chi connectivity index (χ0n) is 37.0. The van der Waals surface area contributed by atoms with Gasteiger partial charge < -0.3 is 59.9 Å². The maximum absolute atomic E-state index is 14.3. The number of hydrogen-bond donors (Lipinski definition) is 11. The number of carboxylic acids is 1. The average Bonchev–Trinajstić information content (AvgIpc) is 3.22. The summed E-state index contributed by atoms with van der Waals surface area (Å²) in [6, 6.07) is 1.57. The van der Waals surface area contributed by atoms with Crippen LogP contribution in [0.25, 0.3) is 0 Å². The van der Waals surface area contributed by atoms with Crippen LogP contribution in [0.3, 0.4) is 0 Å². The lowest BCUT2D eigenvalue weighted by molar-refractivity contribution is -0.142. The first-order valence-corrected chi connectivity index (χ1v) is 22.0. The van der Waals surface area contributed by atoms with Gasteiger partial charge in [-0.15, -0.1) is 0 Å². The fourth-order valence-electron chi connectivity index (χ4n) is 7.44. The Kier molecular flexibility index (Phi) is 24.3. The molecule has 15 N–H and O–H groups in total. The number of rotatable bonds is 29. The van der Waals surface area contributed by atoms with Gasteiger partial charge >= 0.3 is 5.97 Å². The van der Waals surface area contributed by atoms with Gasteiger partial charge in [0, 0.05) is 26.3 Å². The molecule has 7 amide bonds. The number of carbonyl (C=O) groups excluding carboxylic acids is 7. The fraction of sp³-hybridized carbons (Fsp3) is 0.651. The molecule has 1 fully saturated rings. The molecule has 20 heteroatoms. The summed E-state index contributed by atoms with van der Waals surface area (Å²) in [7, 11) is 0. The van der Waals surface area contributed by atoms with Crippen LogP contribution in [-0.2, 0) is 44.8 Å². The Morgan fingerprint density at radius 2 is 1.17 bits per heavy atom. The number of benzene rings is 1. The quantitative estimate of drug-likeness (QED) is 0.0281. The summed E-state index contributed by atoms with van der Waals surface area (Å²) in [4.78, 5) is 110. The molecule has 1 aliphatic carbocycles. The van der Waals surface area contributed by atoms with Gasteiger partial charge in [0.25, 0.3) is 0 Å².